The van der Waals surface area contributed by atoms with Crippen LogP contribution in [0.15, 0.2) is 48.5 Å². The third-order valence-electron chi connectivity index (χ3n) is 6.40. The molecule has 2 aromatic rings. The molecule has 3 aliphatic rings. The molecule has 0 saturated carbocycles. The fourth-order valence-corrected chi connectivity index (χ4v) is 4.86. The number of carbonyl (C=O) groups excluding carboxylic acids is 3. The second-order valence-electron chi connectivity index (χ2n) is 8.30. The van der Waals surface area contributed by atoms with Crippen LogP contribution in [0.1, 0.15) is 52.0 Å². The van der Waals surface area contributed by atoms with Gasteiger partial charge in [0, 0.05) is 25.2 Å². The maximum atomic E-state index is 13.4. The molecule has 154 valence electrons. The van der Waals surface area contributed by atoms with E-state index in [1.54, 1.807) is 15.9 Å². The summed E-state index contributed by atoms with van der Waals surface area (Å²) in [5.41, 5.74) is 2.77. The molecule has 2 aromatic carbocycles. The lowest BCUT2D eigenvalue weighted by Gasteiger charge is -2.26. The van der Waals surface area contributed by atoms with Gasteiger partial charge in [-0.05, 0) is 55.5 Å². The molecule has 0 bridgehead atoms. The normalized spacial score (nSPS) is 20.9. The average molecular weight is 403 g/mol. The number of likely N-dealkylation sites (tertiary alicyclic amines) is 1. The fourth-order valence-electron chi connectivity index (χ4n) is 4.86. The van der Waals surface area contributed by atoms with E-state index in [-0.39, 0.29) is 17.7 Å². The number of hydrogen-bond donors (Lipinski definition) is 0. The van der Waals surface area contributed by atoms with E-state index in [4.69, 9.17) is 0 Å². The molecule has 2 saturated heterocycles. The standard InChI is InChI=1S/C24H25N3O3/c28-22(25-12-3-4-13-25)18-8-5-7-17(15-18)16-27-20-10-2-1-9-19(20)23(29)26-14-6-11-21(26)24(27)30/h1-2,5,7-10,15,21H,3-4,6,11-14,16H2. The van der Waals surface area contributed by atoms with Crippen LogP contribution in [0, 0.1) is 0 Å². The van der Waals surface area contributed by atoms with Crippen molar-refractivity contribution in [2.75, 3.05) is 24.5 Å². The number of para-hydroxylation sites is 1. The van der Waals surface area contributed by atoms with E-state index in [1.165, 1.54) is 0 Å². The van der Waals surface area contributed by atoms with E-state index >= 15 is 0 Å². The minimum Gasteiger partial charge on any atom is -0.339 e. The largest absolute Gasteiger partial charge is 0.339 e. The predicted molar refractivity (Wildman–Crippen MR) is 113 cm³/mol. The molecule has 0 aromatic heterocycles. The van der Waals surface area contributed by atoms with Gasteiger partial charge in [-0.2, -0.15) is 0 Å². The van der Waals surface area contributed by atoms with Crippen molar-refractivity contribution in [1.82, 2.24) is 9.80 Å². The number of fused-ring (bicyclic) bond motifs is 2. The third kappa shape index (κ3) is 3.16. The lowest BCUT2D eigenvalue weighted by Crippen LogP contribution is -2.44. The van der Waals surface area contributed by atoms with Gasteiger partial charge < -0.3 is 14.7 Å². The summed E-state index contributed by atoms with van der Waals surface area (Å²) in [5, 5.41) is 0. The molecule has 5 rings (SSSR count). The molecule has 0 N–H and O–H groups in total. The van der Waals surface area contributed by atoms with Gasteiger partial charge in [0.2, 0.25) is 5.91 Å². The van der Waals surface area contributed by atoms with Crippen molar-refractivity contribution in [3.05, 3.63) is 65.2 Å². The Morgan fingerprint density at radius 3 is 2.57 bits per heavy atom. The monoisotopic (exact) mass is 403 g/mol. The Kier molecular flexibility index (Phi) is 4.77. The number of carbonyl (C=O) groups is 3. The SMILES string of the molecule is O=C(c1cccc(CN2C(=O)C3CCCN3C(=O)c3ccccc32)c1)N1CCCC1. The van der Waals surface area contributed by atoms with E-state index in [9.17, 15) is 14.4 Å². The van der Waals surface area contributed by atoms with Crippen LogP contribution in [0.3, 0.4) is 0 Å². The fraction of sp³-hybridized carbons (Fsp3) is 0.375. The first-order chi connectivity index (χ1) is 14.6. The maximum Gasteiger partial charge on any atom is 0.256 e. The van der Waals surface area contributed by atoms with Gasteiger partial charge in [-0.15, -0.1) is 0 Å². The minimum absolute atomic E-state index is 0.0397. The lowest BCUT2D eigenvalue weighted by atomic mass is 10.1. The number of nitrogens with zero attached hydrogens (tertiary/aromatic N) is 3. The minimum atomic E-state index is -0.403. The number of anilines is 1. The van der Waals surface area contributed by atoms with Crippen LogP contribution in [0.2, 0.25) is 0 Å². The van der Waals surface area contributed by atoms with Crippen molar-refractivity contribution in [3.63, 3.8) is 0 Å². The Bertz CT molecular complexity index is 1010. The molecule has 3 aliphatic heterocycles. The summed E-state index contributed by atoms with van der Waals surface area (Å²) < 4.78 is 0. The molecule has 0 radical (unpaired) electrons. The lowest BCUT2D eigenvalue weighted by molar-refractivity contribution is -0.122. The molecule has 6 heteroatoms. The summed E-state index contributed by atoms with van der Waals surface area (Å²) in [7, 11) is 0. The van der Waals surface area contributed by atoms with Crippen molar-refractivity contribution < 1.29 is 14.4 Å². The number of hydrogen-bond acceptors (Lipinski definition) is 3. The van der Waals surface area contributed by atoms with Crippen LogP contribution >= 0.6 is 0 Å². The Labute approximate surface area is 176 Å². The molecule has 3 heterocycles. The highest BCUT2D eigenvalue weighted by Gasteiger charge is 2.41. The average Bonchev–Trinajstić information content (AvgIpc) is 3.47. The summed E-state index contributed by atoms with van der Waals surface area (Å²) >= 11 is 0. The molecular formula is C24H25N3O3. The molecule has 3 amide bonds. The summed E-state index contributed by atoms with van der Waals surface area (Å²) in [5.74, 6) is -0.0573. The zero-order valence-corrected chi connectivity index (χ0v) is 16.9. The first-order valence-electron chi connectivity index (χ1n) is 10.7. The zero-order valence-electron chi connectivity index (χ0n) is 16.9. The highest BCUT2D eigenvalue weighted by Crippen LogP contribution is 2.33. The second kappa shape index (κ2) is 7.59. The quantitative estimate of drug-likeness (QED) is 0.791. The first kappa shape index (κ1) is 18.9. The van der Waals surface area contributed by atoms with E-state index < -0.39 is 6.04 Å². The second-order valence-corrected chi connectivity index (χ2v) is 8.30. The van der Waals surface area contributed by atoms with Gasteiger partial charge in [0.15, 0.2) is 0 Å². The van der Waals surface area contributed by atoms with E-state index in [2.05, 4.69) is 0 Å². The highest BCUT2D eigenvalue weighted by atomic mass is 16.2. The summed E-state index contributed by atoms with van der Waals surface area (Å²) in [6.45, 7) is 2.58. The molecule has 0 spiro atoms. The van der Waals surface area contributed by atoms with E-state index in [0.29, 0.717) is 36.3 Å². The van der Waals surface area contributed by atoms with Gasteiger partial charge in [-0.25, -0.2) is 0 Å². The molecule has 1 unspecified atom stereocenters. The summed E-state index contributed by atoms with van der Waals surface area (Å²) in [6.07, 6.45) is 3.65. The highest BCUT2D eigenvalue weighted by molar-refractivity contribution is 6.11. The van der Waals surface area contributed by atoms with Crippen LogP contribution in [0.25, 0.3) is 0 Å². The topological polar surface area (TPSA) is 60.9 Å². The Morgan fingerprint density at radius 1 is 0.933 bits per heavy atom. The maximum absolute atomic E-state index is 13.4. The van der Waals surface area contributed by atoms with E-state index in [0.717, 1.165) is 37.9 Å². The predicted octanol–water partition coefficient (Wildman–Crippen LogP) is 3.07. The first-order valence-corrected chi connectivity index (χ1v) is 10.7. The number of rotatable bonds is 3. The Hall–Kier alpha value is -3.15. The molecular weight excluding hydrogens is 378 g/mol. The van der Waals surface area contributed by atoms with Crippen LogP contribution in [-0.2, 0) is 11.3 Å². The molecule has 1 atom stereocenters. The van der Waals surface area contributed by atoms with Gasteiger partial charge >= 0.3 is 0 Å². The molecule has 2 fully saturated rings. The van der Waals surface area contributed by atoms with Gasteiger partial charge in [-0.1, -0.05) is 24.3 Å². The molecule has 30 heavy (non-hydrogen) atoms. The summed E-state index contributed by atoms with van der Waals surface area (Å²) in [6, 6.07) is 14.5. The number of benzene rings is 2. The van der Waals surface area contributed by atoms with Crippen LogP contribution in [0.5, 0.6) is 0 Å². The Balaban J connectivity index is 1.48. The number of amides is 3. The van der Waals surface area contributed by atoms with Crippen molar-refractivity contribution >= 4 is 23.4 Å². The molecule has 0 aliphatic carbocycles. The zero-order chi connectivity index (χ0) is 20.7. The van der Waals surface area contributed by atoms with Gasteiger partial charge in [0.05, 0.1) is 17.8 Å². The van der Waals surface area contributed by atoms with Crippen LogP contribution in [-0.4, -0.2) is 53.2 Å². The third-order valence-corrected chi connectivity index (χ3v) is 6.40. The molecule has 6 nitrogen and oxygen atoms in total. The van der Waals surface area contributed by atoms with Gasteiger partial charge in [-0.3, -0.25) is 14.4 Å². The summed E-state index contributed by atoms with van der Waals surface area (Å²) in [4.78, 5) is 44.6. The smallest absolute Gasteiger partial charge is 0.256 e. The van der Waals surface area contributed by atoms with Crippen LogP contribution < -0.4 is 4.90 Å². The van der Waals surface area contributed by atoms with Gasteiger partial charge in [0.1, 0.15) is 6.04 Å². The Morgan fingerprint density at radius 2 is 1.73 bits per heavy atom. The van der Waals surface area contributed by atoms with Crippen molar-refractivity contribution in [3.8, 4) is 0 Å². The van der Waals surface area contributed by atoms with E-state index in [1.807, 2.05) is 47.4 Å². The van der Waals surface area contributed by atoms with Crippen molar-refractivity contribution in [2.24, 2.45) is 0 Å². The van der Waals surface area contributed by atoms with Gasteiger partial charge in [0.25, 0.3) is 11.8 Å². The van der Waals surface area contributed by atoms with Crippen LogP contribution in [0.4, 0.5) is 5.69 Å². The van der Waals surface area contributed by atoms with Crippen molar-refractivity contribution in [2.45, 2.75) is 38.3 Å². The van der Waals surface area contributed by atoms with Crippen molar-refractivity contribution in [1.29, 1.82) is 0 Å².